The van der Waals surface area contributed by atoms with Crippen molar-refractivity contribution < 1.29 is 4.79 Å². The van der Waals surface area contributed by atoms with E-state index >= 15 is 0 Å². The number of rotatable bonds is 2. The highest BCUT2D eigenvalue weighted by molar-refractivity contribution is 6.35. The molecule has 1 amide bonds. The summed E-state index contributed by atoms with van der Waals surface area (Å²) >= 11 is 6.47. The Labute approximate surface area is 143 Å². The van der Waals surface area contributed by atoms with Crippen LogP contribution in [-0.2, 0) is 20.1 Å². The van der Waals surface area contributed by atoms with Crippen molar-refractivity contribution in [3.05, 3.63) is 34.1 Å². The third kappa shape index (κ3) is 2.12. The number of nitrogens with one attached hydrogen (secondary N) is 1. The number of fused-ring (bicyclic) bond motifs is 2. The molecule has 1 aliphatic rings. The first-order chi connectivity index (χ1) is 11.5. The Morgan fingerprint density at radius 1 is 1.38 bits per heavy atom. The summed E-state index contributed by atoms with van der Waals surface area (Å²) in [6, 6.07) is 3.79. The second-order valence-corrected chi connectivity index (χ2v) is 6.40. The van der Waals surface area contributed by atoms with Gasteiger partial charge in [0, 0.05) is 31.1 Å². The first-order valence-corrected chi connectivity index (χ1v) is 8.08. The van der Waals surface area contributed by atoms with E-state index in [9.17, 15) is 4.79 Å². The minimum absolute atomic E-state index is 0.458. The Hall–Kier alpha value is -2.38. The number of hydrogen-bond donors (Lipinski definition) is 2. The lowest BCUT2D eigenvalue weighted by Gasteiger charge is -2.15. The fourth-order valence-corrected chi connectivity index (χ4v) is 3.73. The van der Waals surface area contributed by atoms with Crippen LogP contribution in [0.5, 0.6) is 0 Å². The van der Waals surface area contributed by atoms with Gasteiger partial charge in [0.1, 0.15) is 5.69 Å². The van der Waals surface area contributed by atoms with Gasteiger partial charge in [-0.3, -0.25) is 14.2 Å². The van der Waals surface area contributed by atoms with Gasteiger partial charge in [-0.15, -0.1) is 0 Å². The van der Waals surface area contributed by atoms with Gasteiger partial charge < -0.3 is 11.1 Å². The first kappa shape index (κ1) is 15.2. The van der Waals surface area contributed by atoms with E-state index in [1.807, 2.05) is 30.8 Å². The van der Waals surface area contributed by atoms with E-state index in [0.29, 0.717) is 29.4 Å². The van der Waals surface area contributed by atoms with Crippen molar-refractivity contribution in [1.29, 1.82) is 0 Å². The molecular weight excluding hydrogens is 328 g/mol. The van der Waals surface area contributed by atoms with E-state index in [2.05, 4.69) is 15.5 Å². The van der Waals surface area contributed by atoms with Crippen LogP contribution in [0.1, 0.15) is 21.7 Å². The third-order valence-corrected chi connectivity index (χ3v) is 4.74. The Morgan fingerprint density at radius 3 is 2.92 bits per heavy atom. The van der Waals surface area contributed by atoms with Crippen LogP contribution in [0.2, 0.25) is 5.02 Å². The smallest absolute Gasteiger partial charge is 0.252 e. The minimum Gasteiger partial charge on any atom is -0.365 e. The SMILES string of the molecule is Cc1nn(C)c2c(Cl)cc(-c3nn4c(c3C(N)=O)CNCC4)cc12. The van der Waals surface area contributed by atoms with E-state index < -0.39 is 5.91 Å². The zero-order chi connectivity index (χ0) is 17.0. The van der Waals surface area contributed by atoms with Crippen LogP contribution in [-0.4, -0.2) is 32.0 Å². The van der Waals surface area contributed by atoms with Crippen molar-refractivity contribution in [2.45, 2.75) is 20.0 Å². The number of aryl methyl sites for hydroxylation is 2. The number of amides is 1. The molecule has 3 heterocycles. The van der Waals surface area contributed by atoms with Crippen LogP contribution in [0.15, 0.2) is 12.1 Å². The molecule has 0 atom stereocenters. The molecule has 0 radical (unpaired) electrons. The molecule has 0 spiro atoms. The Kier molecular flexibility index (Phi) is 3.36. The average molecular weight is 345 g/mol. The third-order valence-electron chi connectivity index (χ3n) is 4.45. The molecule has 4 rings (SSSR count). The van der Waals surface area contributed by atoms with Crippen LogP contribution in [0.25, 0.3) is 22.2 Å². The lowest BCUT2D eigenvalue weighted by molar-refractivity contribution is 0.0999. The van der Waals surface area contributed by atoms with E-state index in [1.165, 1.54) is 0 Å². The fraction of sp³-hybridized carbons (Fsp3) is 0.312. The van der Waals surface area contributed by atoms with Gasteiger partial charge in [0.15, 0.2) is 0 Å². The highest BCUT2D eigenvalue weighted by Crippen LogP contribution is 2.34. The lowest BCUT2D eigenvalue weighted by Crippen LogP contribution is -2.30. The molecule has 8 heteroatoms. The fourth-order valence-electron chi connectivity index (χ4n) is 3.38. The number of hydrogen-bond acceptors (Lipinski definition) is 4. The molecular formula is C16H17ClN6O. The monoisotopic (exact) mass is 344 g/mol. The largest absolute Gasteiger partial charge is 0.365 e. The summed E-state index contributed by atoms with van der Waals surface area (Å²) in [6.07, 6.45) is 0. The topological polar surface area (TPSA) is 90.8 Å². The molecule has 0 fully saturated rings. The summed E-state index contributed by atoms with van der Waals surface area (Å²) in [6.45, 7) is 4.03. The zero-order valence-corrected chi connectivity index (χ0v) is 14.2. The molecule has 0 aliphatic carbocycles. The molecule has 0 unspecified atom stereocenters. The van der Waals surface area contributed by atoms with Crippen LogP contribution in [0.3, 0.4) is 0 Å². The average Bonchev–Trinajstić information content (AvgIpc) is 3.05. The molecule has 124 valence electrons. The maximum atomic E-state index is 12.0. The first-order valence-electron chi connectivity index (χ1n) is 7.71. The van der Waals surface area contributed by atoms with Gasteiger partial charge in [0.25, 0.3) is 5.91 Å². The number of halogens is 1. The summed E-state index contributed by atoms with van der Waals surface area (Å²) in [5.74, 6) is -0.478. The number of aromatic nitrogens is 4. The van der Waals surface area contributed by atoms with E-state index in [-0.39, 0.29) is 0 Å². The summed E-state index contributed by atoms with van der Waals surface area (Å²) < 4.78 is 3.61. The van der Waals surface area contributed by atoms with Gasteiger partial charge in [0.2, 0.25) is 0 Å². The number of nitrogens with zero attached hydrogens (tertiary/aromatic N) is 4. The molecule has 0 saturated heterocycles. The van der Waals surface area contributed by atoms with Crippen LogP contribution < -0.4 is 11.1 Å². The molecule has 3 aromatic rings. The molecule has 7 nitrogen and oxygen atoms in total. The van der Waals surface area contributed by atoms with Crippen molar-refractivity contribution in [2.75, 3.05) is 6.54 Å². The van der Waals surface area contributed by atoms with Gasteiger partial charge in [-0.05, 0) is 19.1 Å². The number of primary amides is 1. The number of carbonyl (C=O) groups is 1. The summed E-state index contributed by atoms with van der Waals surface area (Å²) in [7, 11) is 1.86. The lowest BCUT2D eigenvalue weighted by atomic mass is 10.0. The quantitative estimate of drug-likeness (QED) is 0.738. The Bertz CT molecular complexity index is 987. The van der Waals surface area contributed by atoms with E-state index in [1.54, 1.807) is 4.68 Å². The number of carbonyl (C=O) groups excluding carboxylic acids is 1. The van der Waals surface area contributed by atoms with Gasteiger partial charge in [0.05, 0.1) is 34.0 Å². The van der Waals surface area contributed by atoms with Crippen molar-refractivity contribution in [1.82, 2.24) is 24.9 Å². The molecule has 24 heavy (non-hydrogen) atoms. The van der Waals surface area contributed by atoms with Crippen molar-refractivity contribution in [3.63, 3.8) is 0 Å². The van der Waals surface area contributed by atoms with E-state index in [4.69, 9.17) is 17.3 Å². The molecule has 0 bridgehead atoms. The van der Waals surface area contributed by atoms with Gasteiger partial charge in [-0.1, -0.05) is 11.6 Å². The zero-order valence-electron chi connectivity index (χ0n) is 13.4. The summed E-state index contributed by atoms with van der Waals surface area (Å²) in [4.78, 5) is 12.0. The predicted octanol–water partition coefficient (Wildman–Crippen LogP) is 1.60. The normalized spacial score (nSPS) is 14.1. The van der Waals surface area contributed by atoms with Crippen LogP contribution in [0.4, 0.5) is 0 Å². The maximum absolute atomic E-state index is 12.0. The van der Waals surface area contributed by atoms with Crippen LogP contribution >= 0.6 is 11.6 Å². The van der Waals surface area contributed by atoms with Crippen molar-refractivity contribution >= 4 is 28.4 Å². The van der Waals surface area contributed by atoms with E-state index in [0.717, 1.165) is 34.4 Å². The molecule has 2 aromatic heterocycles. The highest BCUT2D eigenvalue weighted by Gasteiger charge is 2.25. The standard InChI is InChI=1S/C16H17ClN6O/c1-8-10-5-9(6-11(17)15(10)22(2)20-8)14-13(16(18)24)12-7-19-3-4-23(12)21-14/h5-6,19H,3-4,7H2,1-2H3,(H2,18,24). The second-order valence-electron chi connectivity index (χ2n) is 6.00. The Morgan fingerprint density at radius 2 is 2.17 bits per heavy atom. The van der Waals surface area contributed by atoms with Crippen molar-refractivity contribution in [3.8, 4) is 11.3 Å². The van der Waals surface area contributed by atoms with Gasteiger partial charge in [-0.25, -0.2) is 0 Å². The van der Waals surface area contributed by atoms with Gasteiger partial charge >= 0.3 is 0 Å². The summed E-state index contributed by atoms with van der Waals surface area (Å²) in [5.41, 5.74) is 10.0. The molecule has 1 aliphatic heterocycles. The van der Waals surface area contributed by atoms with Crippen molar-refractivity contribution in [2.24, 2.45) is 12.8 Å². The minimum atomic E-state index is -0.478. The summed E-state index contributed by atoms with van der Waals surface area (Å²) in [5, 5.41) is 13.8. The molecule has 1 aromatic carbocycles. The molecule has 0 saturated carbocycles. The maximum Gasteiger partial charge on any atom is 0.252 e. The number of benzene rings is 1. The Balaban J connectivity index is 2.00. The highest BCUT2D eigenvalue weighted by atomic mass is 35.5. The second kappa shape index (κ2) is 5.32. The number of nitrogens with two attached hydrogens (primary N) is 1. The van der Waals surface area contributed by atoms with Crippen LogP contribution in [0, 0.1) is 6.92 Å². The predicted molar refractivity (Wildman–Crippen MR) is 91.9 cm³/mol. The van der Waals surface area contributed by atoms with Gasteiger partial charge in [-0.2, -0.15) is 10.2 Å². The molecule has 3 N–H and O–H groups in total.